The first-order valence-electron chi connectivity index (χ1n) is 9.83. The Hall–Kier alpha value is -2.34. The van der Waals surface area contributed by atoms with Crippen LogP contribution in [0.5, 0.6) is 11.5 Å². The van der Waals surface area contributed by atoms with Gasteiger partial charge in [-0.05, 0) is 72.6 Å². The molecule has 0 aromatic heterocycles. The zero-order valence-corrected chi connectivity index (χ0v) is 18.8. The highest BCUT2D eigenvalue weighted by molar-refractivity contribution is 9.10. The number of halogens is 2. The molecule has 0 aliphatic carbocycles. The molecule has 3 aromatic carbocycles. The van der Waals surface area contributed by atoms with Crippen LogP contribution in [0.15, 0.2) is 76.2 Å². The largest absolute Gasteiger partial charge is 0.508 e. The first-order valence-corrected chi connectivity index (χ1v) is 11.0. The Morgan fingerprint density at radius 1 is 1.10 bits per heavy atom. The Kier molecular flexibility index (Phi) is 6.42. The minimum absolute atomic E-state index is 0.128. The third kappa shape index (κ3) is 4.69. The van der Waals surface area contributed by atoms with Crippen molar-refractivity contribution in [3.05, 3.63) is 92.9 Å². The van der Waals surface area contributed by atoms with Crippen LogP contribution in [0.25, 0.3) is 0 Å². The van der Waals surface area contributed by atoms with Crippen LogP contribution < -0.4 is 10.1 Å². The molecule has 0 saturated carbocycles. The Morgan fingerprint density at radius 2 is 1.83 bits per heavy atom. The van der Waals surface area contributed by atoms with E-state index in [0.29, 0.717) is 18.1 Å². The van der Waals surface area contributed by atoms with Crippen molar-refractivity contribution in [2.45, 2.75) is 25.6 Å². The molecule has 0 unspecified atom stereocenters. The van der Waals surface area contributed by atoms with Gasteiger partial charge in [-0.15, -0.1) is 0 Å². The van der Waals surface area contributed by atoms with Crippen LogP contribution in [0, 0.1) is 0 Å². The van der Waals surface area contributed by atoms with Crippen LogP contribution in [-0.2, 0) is 0 Å². The van der Waals surface area contributed by atoms with Crippen molar-refractivity contribution in [2.24, 2.45) is 4.99 Å². The molecule has 0 amide bonds. The molecule has 1 aliphatic rings. The van der Waals surface area contributed by atoms with Crippen LogP contribution in [0.2, 0.25) is 5.02 Å². The standard InChI is InChI=1S/C24H22BrClN2O2/c1-2-30-19-10-5-15(6-11-19)21-14-22(20-13-18(26)9-12-23(20)29)28-24(27-21)16-3-7-17(25)8-4-16/h3-13,22,24,28-29H,2,14H2,1H3/t22-,24-/m1/s1. The molecule has 1 aliphatic heterocycles. The summed E-state index contributed by atoms with van der Waals surface area (Å²) in [6.45, 7) is 2.60. The maximum atomic E-state index is 10.5. The molecule has 6 heteroatoms. The molecule has 4 nitrogen and oxygen atoms in total. The predicted octanol–water partition coefficient (Wildman–Crippen LogP) is 6.43. The topological polar surface area (TPSA) is 53.8 Å². The summed E-state index contributed by atoms with van der Waals surface area (Å²) in [6, 6.07) is 21.1. The minimum Gasteiger partial charge on any atom is -0.508 e. The maximum absolute atomic E-state index is 10.5. The molecular formula is C24H22BrClN2O2. The van der Waals surface area contributed by atoms with Crippen LogP contribution in [0.3, 0.4) is 0 Å². The minimum atomic E-state index is -0.239. The molecule has 30 heavy (non-hydrogen) atoms. The number of aromatic hydroxyl groups is 1. The molecule has 154 valence electrons. The molecule has 0 radical (unpaired) electrons. The lowest BCUT2D eigenvalue weighted by molar-refractivity contribution is 0.340. The summed E-state index contributed by atoms with van der Waals surface area (Å²) >= 11 is 9.71. The smallest absolute Gasteiger partial charge is 0.126 e. The molecular weight excluding hydrogens is 464 g/mol. The third-order valence-corrected chi connectivity index (χ3v) is 5.85. The molecule has 2 N–H and O–H groups in total. The van der Waals surface area contributed by atoms with Crippen LogP contribution in [0.1, 0.15) is 42.2 Å². The molecule has 0 saturated heterocycles. The van der Waals surface area contributed by atoms with E-state index in [-0.39, 0.29) is 18.0 Å². The number of phenols is 1. The Bertz CT molecular complexity index is 1050. The van der Waals surface area contributed by atoms with E-state index in [9.17, 15) is 5.11 Å². The van der Waals surface area contributed by atoms with Crippen LogP contribution in [-0.4, -0.2) is 17.4 Å². The van der Waals surface area contributed by atoms with Gasteiger partial charge in [0.2, 0.25) is 0 Å². The van der Waals surface area contributed by atoms with E-state index in [4.69, 9.17) is 21.3 Å². The number of aliphatic imine (C=N–C) groups is 1. The summed E-state index contributed by atoms with van der Waals surface area (Å²) in [5.41, 5.74) is 3.82. The summed E-state index contributed by atoms with van der Waals surface area (Å²) in [7, 11) is 0. The fourth-order valence-electron chi connectivity index (χ4n) is 3.61. The lowest BCUT2D eigenvalue weighted by Crippen LogP contribution is -2.33. The fourth-order valence-corrected chi connectivity index (χ4v) is 4.06. The molecule has 0 spiro atoms. The Labute approximate surface area is 189 Å². The summed E-state index contributed by atoms with van der Waals surface area (Å²) in [5.74, 6) is 1.06. The van der Waals surface area contributed by atoms with Gasteiger partial charge in [-0.3, -0.25) is 10.3 Å². The number of hydrogen-bond donors (Lipinski definition) is 2. The molecule has 2 atom stereocenters. The van der Waals surface area contributed by atoms with E-state index in [1.807, 2.05) is 61.5 Å². The van der Waals surface area contributed by atoms with Gasteiger partial charge in [0.25, 0.3) is 0 Å². The van der Waals surface area contributed by atoms with Crippen molar-refractivity contribution in [2.75, 3.05) is 6.61 Å². The molecule has 3 aromatic rings. The molecule has 0 fully saturated rings. The van der Waals surface area contributed by atoms with E-state index in [1.54, 1.807) is 12.1 Å². The van der Waals surface area contributed by atoms with Crippen LogP contribution in [0.4, 0.5) is 0 Å². The van der Waals surface area contributed by atoms with Gasteiger partial charge >= 0.3 is 0 Å². The van der Waals surface area contributed by atoms with Gasteiger partial charge in [0, 0.05) is 33.2 Å². The van der Waals surface area contributed by atoms with Gasteiger partial charge in [0.15, 0.2) is 0 Å². The molecule has 1 heterocycles. The first kappa shape index (κ1) is 20.9. The predicted molar refractivity (Wildman–Crippen MR) is 125 cm³/mol. The van der Waals surface area contributed by atoms with Crippen molar-refractivity contribution < 1.29 is 9.84 Å². The van der Waals surface area contributed by atoms with Gasteiger partial charge in [-0.1, -0.05) is 39.7 Å². The maximum Gasteiger partial charge on any atom is 0.126 e. The van der Waals surface area contributed by atoms with Crippen molar-refractivity contribution in [3.63, 3.8) is 0 Å². The van der Waals surface area contributed by atoms with Crippen molar-refractivity contribution in [1.82, 2.24) is 5.32 Å². The quantitative estimate of drug-likeness (QED) is 0.438. The second-order valence-corrected chi connectivity index (χ2v) is 8.47. The fraction of sp³-hybridized carbons (Fsp3) is 0.208. The monoisotopic (exact) mass is 484 g/mol. The van der Waals surface area contributed by atoms with E-state index >= 15 is 0 Å². The number of hydrogen-bond acceptors (Lipinski definition) is 4. The van der Waals surface area contributed by atoms with E-state index in [0.717, 1.165) is 32.6 Å². The summed E-state index contributed by atoms with van der Waals surface area (Å²) in [6.07, 6.45) is 0.395. The van der Waals surface area contributed by atoms with Gasteiger partial charge in [-0.25, -0.2) is 0 Å². The van der Waals surface area contributed by atoms with Gasteiger partial charge < -0.3 is 9.84 Å². The second-order valence-electron chi connectivity index (χ2n) is 7.11. The van der Waals surface area contributed by atoms with Gasteiger partial charge in [-0.2, -0.15) is 0 Å². The summed E-state index contributed by atoms with van der Waals surface area (Å²) < 4.78 is 6.58. The number of phenolic OH excluding ortho intramolecular Hbond substituents is 1. The van der Waals surface area contributed by atoms with E-state index in [2.05, 4.69) is 21.2 Å². The van der Waals surface area contributed by atoms with E-state index in [1.165, 1.54) is 0 Å². The average molecular weight is 486 g/mol. The second kappa shape index (κ2) is 9.21. The van der Waals surface area contributed by atoms with Gasteiger partial charge in [0.05, 0.1) is 6.61 Å². The number of nitrogens with one attached hydrogen (secondary N) is 1. The normalized spacial score (nSPS) is 18.7. The number of nitrogens with zero attached hydrogens (tertiary/aromatic N) is 1. The molecule has 0 bridgehead atoms. The number of rotatable bonds is 5. The average Bonchev–Trinajstić information content (AvgIpc) is 2.76. The highest BCUT2D eigenvalue weighted by atomic mass is 79.9. The highest BCUT2D eigenvalue weighted by Gasteiger charge is 2.28. The molecule has 4 rings (SSSR count). The number of benzene rings is 3. The zero-order chi connectivity index (χ0) is 21.1. The SMILES string of the molecule is CCOc1ccc(C2=N[C@@H](c3ccc(Br)cc3)N[C@@H](c3cc(Cl)ccc3O)C2)cc1. The Balaban J connectivity index is 1.72. The Morgan fingerprint density at radius 3 is 2.53 bits per heavy atom. The van der Waals surface area contributed by atoms with Gasteiger partial charge in [0.1, 0.15) is 17.7 Å². The zero-order valence-electron chi connectivity index (χ0n) is 16.5. The van der Waals surface area contributed by atoms with Crippen molar-refractivity contribution in [1.29, 1.82) is 0 Å². The lowest BCUT2D eigenvalue weighted by atomic mass is 9.93. The van der Waals surface area contributed by atoms with Crippen molar-refractivity contribution in [3.8, 4) is 11.5 Å². The van der Waals surface area contributed by atoms with E-state index < -0.39 is 0 Å². The number of ether oxygens (including phenoxy) is 1. The third-order valence-electron chi connectivity index (χ3n) is 5.09. The summed E-state index contributed by atoms with van der Waals surface area (Å²) in [4.78, 5) is 4.99. The highest BCUT2D eigenvalue weighted by Crippen LogP contribution is 2.36. The lowest BCUT2D eigenvalue weighted by Gasteiger charge is -2.31. The van der Waals surface area contributed by atoms with Crippen molar-refractivity contribution >= 4 is 33.2 Å². The summed E-state index contributed by atoms with van der Waals surface area (Å²) in [5, 5.41) is 14.6. The first-order chi connectivity index (χ1) is 14.5. The van der Waals surface area contributed by atoms with Crippen LogP contribution >= 0.6 is 27.5 Å².